The van der Waals surface area contributed by atoms with Crippen LogP contribution in [0.3, 0.4) is 0 Å². The first-order valence-corrected chi connectivity index (χ1v) is 8.93. The Kier molecular flexibility index (Phi) is 4.69. The van der Waals surface area contributed by atoms with Crippen LogP contribution in [-0.2, 0) is 6.42 Å². The molecule has 0 aliphatic rings. The fourth-order valence-electron chi connectivity index (χ4n) is 2.58. The summed E-state index contributed by atoms with van der Waals surface area (Å²) >= 11 is 11.5. The highest BCUT2D eigenvalue weighted by molar-refractivity contribution is 9.11. The summed E-state index contributed by atoms with van der Waals surface area (Å²) in [6, 6.07) is 10.3. The summed E-state index contributed by atoms with van der Waals surface area (Å²) in [7, 11) is 0. The molecule has 2 nitrogen and oxygen atoms in total. The molecule has 0 aliphatic heterocycles. The summed E-state index contributed by atoms with van der Waals surface area (Å²) in [6.45, 7) is 0.739. The lowest BCUT2D eigenvalue weighted by molar-refractivity contribution is 0.748. The number of thiophene rings is 1. The molecule has 0 saturated carbocycles. The van der Waals surface area contributed by atoms with Crippen molar-refractivity contribution in [3.63, 3.8) is 0 Å². The Morgan fingerprint density at radius 3 is 2.76 bits per heavy atom. The van der Waals surface area contributed by atoms with Crippen molar-refractivity contribution in [2.45, 2.75) is 19.3 Å². The molecule has 0 aliphatic carbocycles. The van der Waals surface area contributed by atoms with Gasteiger partial charge in [0.1, 0.15) is 0 Å². The quantitative estimate of drug-likeness (QED) is 0.554. The standard InChI is InChI=1S/C16H16BrClN2S/c17-15-7-6-14(21-15)16-11(3-1-2-8-19)12-9-10(18)4-5-13(12)20-16/h4-7,9,20H,1-3,8,19H2. The molecule has 0 spiro atoms. The third-order valence-electron chi connectivity index (χ3n) is 3.57. The van der Waals surface area contributed by atoms with Crippen LogP contribution in [0.1, 0.15) is 18.4 Å². The minimum absolute atomic E-state index is 0.739. The van der Waals surface area contributed by atoms with Gasteiger partial charge < -0.3 is 10.7 Å². The van der Waals surface area contributed by atoms with Gasteiger partial charge in [0, 0.05) is 15.9 Å². The van der Waals surface area contributed by atoms with Gasteiger partial charge in [-0.05, 0) is 77.6 Å². The van der Waals surface area contributed by atoms with Crippen LogP contribution in [0.15, 0.2) is 34.1 Å². The number of rotatable bonds is 5. The second-order valence-electron chi connectivity index (χ2n) is 5.02. The number of fused-ring (bicyclic) bond motifs is 1. The lowest BCUT2D eigenvalue weighted by atomic mass is 10.0. The molecule has 0 amide bonds. The molecule has 0 bridgehead atoms. The van der Waals surface area contributed by atoms with E-state index in [2.05, 4.69) is 45.2 Å². The predicted octanol–water partition coefficient (Wildman–Crippen LogP) is 5.59. The lowest BCUT2D eigenvalue weighted by Gasteiger charge is -2.03. The molecule has 0 fully saturated rings. The average Bonchev–Trinajstić information content (AvgIpc) is 3.03. The molecule has 5 heteroatoms. The van der Waals surface area contributed by atoms with Gasteiger partial charge in [-0.1, -0.05) is 11.6 Å². The third kappa shape index (κ3) is 3.19. The van der Waals surface area contributed by atoms with Crippen molar-refractivity contribution in [1.29, 1.82) is 0 Å². The van der Waals surface area contributed by atoms with Crippen LogP contribution in [0.5, 0.6) is 0 Å². The van der Waals surface area contributed by atoms with Gasteiger partial charge in [0.2, 0.25) is 0 Å². The molecule has 110 valence electrons. The molecule has 0 unspecified atom stereocenters. The van der Waals surface area contributed by atoms with Gasteiger partial charge in [-0.15, -0.1) is 11.3 Å². The van der Waals surface area contributed by atoms with Crippen LogP contribution in [0.25, 0.3) is 21.5 Å². The molecule has 21 heavy (non-hydrogen) atoms. The number of hydrogen-bond donors (Lipinski definition) is 2. The number of aromatic amines is 1. The molecule has 0 saturated heterocycles. The Labute approximate surface area is 141 Å². The fraction of sp³-hybridized carbons (Fsp3) is 0.250. The maximum Gasteiger partial charge on any atom is 0.0705 e. The van der Waals surface area contributed by atoms with E-state index in [0.29, 0.717) is 0 Å². The normalized spacial score (nSPS) is 11.4. The molecule has 2 aromatic heterocycles. The zero-order valence-electron chi connectivity index (χ0n) is 11.5. The SMILES string of the molecule is NCCCCc1c(-c2ccc(Br)s2)[nH]c2ccc(Cl)cc12. The Balaban J connectivity index is 2.10. The van der Waals surface area contributed by atoms with Crippen LogP contribution in [0.4, 0.5) is 0 Å². The largest absolute Gasteiger partial charge is 0.354 e. The first-order valence-electron chi connectivity index (χ1n) is 6.95. The van der Waals surface area contributed by atoms with Gasteiger partial charge in [0.25, 0.3) is 0 Å². The Morgan fingerprint density at radius 1 is 1.19 bits per heavy atom. The summed E-state index contributed by atoms with van der Waals surface area (Å²) in [5.74, 6) is 0. The average molecular weight is 384 g/mol. The number of benzene rings is 1. The number of nitrogens with one attached hydrogen (secondary N) is 1. The minimum Gasteiger partial charge on any atom is -0.354 e. The molecule has 3 aromatic rings. The Bertz CT molecular complexity index is 763. The van der Waals surface area contributed by atoms with Gasteiger partial charge in [0.15, 0.2) is 0 Å². The summed E-state index contributed by atoms with van der Waals surface area (Å²) in [6.07, 6.45) is 3.15. The Hall–Kier alpha value is -0.810. The van der Waals surface area contributed by atoms with Crippen LogP contribution < -0.4 is 5.73 Å². The van der Waals surface area contributed by atoms with Crippen LogP contribution in [0.2, 0.25) is 5.02 Å². The third-order valence-corrected chi connectivity index (χ3v) is 5.44. The summed E-state index contributed by atoms with van der Waals surface area (Å²) in [5.41, 5.74) is 9.32. The zero-order chi connectivity index (χ0) is 14.8. The van der Waals surface area contributed by atoms with Gasteiger partial charge in [-0.2, -0.15) is 0 Å². The van der Waals surface area contributed by atoms with E-state index in [1.54, 1.807) is 11.3 Å². The number of H-pyrrole nitrogens is 1. The van der Waals surface area contributed by atoms with Gasteiger partial charge >= 0.3 is 0 Å². The maximum absolute atomic E-state index is 6.17. The fourth-order valence-corrected chi connectivity index (χ4v) is 4.17. The van der Waals surface area contributed by atoms with E-state index in [-0.39, 0.29) is 0 Å². The zero-order valence-corrected chi connectivity index (χ0v) is 14.6. The molecule has 0 atom stereocenters. The molecular formula is C16H16BrClN2S. The molecule has 3 N–H and O–H groups in total. The van der Waals surface area contributed by atoms with Crippen LogP contribution >= 0.6 is 38.9 Å². The topological polar surface area (TPSA) is 41.8 Å². The van der Waals surface area contributed by atoms with Gasteiger partial charge in [0.05, 0.1) is 14.4 Å². The van der Waals surface area contributed by atoms with Crippen molar-refractivity contribution in [3.8, 4) is 10.6 Å². The molecule has 3 rings (SSSR count). The summed E-state index contributed by atoms with van der Waals surface area (Å²) in [4.78, 5) is 4.79. The smallest absolute Gasteiger partial charge is 0.0705 e. The maximum atomic E-state index is 6.17. The summed E-state index contributed by atoms with van der Waals surface area (Å²) in [5, 5.41) is 2.00. The van der Waals surface area contributed by atoms with Crippen LogP contribution in [0, 0.1) is 0 Å². The predicted molar refractivity (Wildman–Crippen MR) is 96.3 cm³/mol. The highest BCUT2D eigenvalue weighted by atomic mass is 79.9. The van der Waals surface area contributed by atoms with Gasteiger partial charge in [-0.25, -0.2) is 0 Å². The second-order valence-corrected chi connectivity index (χ2v) is 7.92. The van der Waals surface area contributed by atoms with Crippen molar-refractivity contribution >= 4 is 49.8 Å². The Morgan fingerprint density at radius 2 is 2.05 bits per heavy atom. The van der Waals surface area contributed by atoms with E-state index in [4.69, 9.17) is 17.3 Å². The number of nitrogens with two attached hydrogens (primary N) is 1. The molecule has 0 radical (unpaired) electrons. The van der Waals surface area contributed by atoms with Crippen molar-refractivity contribution in [3.05, 3.63) is 44.7 Å². The summed E-state index contributed by atoms with van der Waals surface area (Å²) < 4.78 is 1.14. The van der Waals surface area contributed by atoms with E-state index < -0.39 is 0 Å². The highest BCUT2D eigenvalue weighted by Crippen LogP contribution is 2.37. The minimum atomic E-state index is 0.739. The van der Waals surface area contributed by atoms with E-state index in [1.807, 2.05) is 6.07 Å². The van der Waals surface area contributed by atoms with E-state index in [0.717, 1.165) is 40.1 Å². The number of aryl methyl sites for hydroxylation is 1. The lowest BCUT2D eigenvalue weighted by Crippen LogP contribution is -1.99. The van der Waals surface area contributed by atoms with E-state index >= 15 is 0 Å². The number of hydrogen-bond acceptors (Lipinski definition) is 2. The molecular weight excluding hydrogens is 368 g/mol. The van der Waals surface area contributed by atoms with Crippen molar-refractivity contribution in [2.24, 2.45) is 5.73 Å². The molecule has 2 heterocycles. The number of aromatic nitrogens is 1. The van der Waals surface area contributed by atoms with Gasteiger partial charge in [-0.3, -0.25) is 0 Å². The number of halogens is 2. The van der Waals surface area contributed by atoms with Crippen molar-refractivity contribution in [2.75, 3.05) is 6.54 Å². The first-order chi connectivity index (χ1) is 10.2. The van der Waals surface area contributed by atoms with Crippen molar-refractivity contribution < 1.29 is 0 Å². The van der Waals surface area contributed by atoms with Crippen molar-refractivity contribution in [1.82, 2.24) is 4.98 Å². The second kappa shape index (κ2) is 6.53. The molecule has 1 aromatic carbocycles. The monoisotopic (exact) mass is 382 g/mol. The highest BCUT2D eigenvalue weighted by Gasteiger charge is 2.14. The van der Waals surface area contributed by atoms with E-state index in [1.165, 1.54) is 21.5 Å². The number of unbranched alkanes of at least 4 members (excludes halogenated alkanes) is 1. The van der Waals surface area contributed by atoms with Crippen LogP contribution in [-0.4, -0.2) is 11.5 Å². The first kappa shape index (κ1) is 15.1. The van der Waals surface area contributed by atoms with E-state index in [9.17, 15) is 0 Å².